The first-order chi connectivity index (χ1) is 10.7. The van der Waals surface area contributed by atoms with Crippen LogP contribution in [0.3, 0.4) is 0 Å². The first kappa shape index (κ1) is 16.2. The number of carboxylic acids is 1. The summed E-state index contributed by atoms with van der Waals surface area (Å²) >= 11 is 0. The van der Waals surface area contributed by atoms with Crippen molar-refractivity contribution >= 4 is 5.97 Å². The van der Waals surface area contributed by atoms with Crippen LogP contribution in [-0.2, 0) is 4.79 Å². The van der Waals surface area contributed by atoms with E-state index in [2.05, 4.69) is 5.32 Å². The summed E-state index contributed by atoms with van der Waals surface area (Å²) in [4.78, 5) is 11.4. The highest BCUT2D eigenvalue weighted by atomic mass is 16.4. The Labute approximate surface area is 130 Å². The lowest BCUT2D eigenvalue weighted by Gasteiger charge is -2.15. The van der Waals surface area contributed by atoms with Gasteiger partial charge in [0.25, 0.3) is 0 Å². The maximum atomic E-state index is 11.4. The van der Waals surface area contributed by atoms with Crippen LogP contribution in [0.25, 0.3) is 0 Å². The summed E-state index contributed by atoms with van der Waals surface area (Å²) in [5, 5.41) is 22.5. The van der Waals surface area contributed by atoms with Crippen LogP contribution in [0, 0.1) is 0 Å². The van der Waals surface area contributed by atoms with Crippen molar-refractivity contribution < 1.29 is 15.0 Å². The Balaban J connectivity index is 1.80. The molecule has 2 unspecified atom stereocenters. The maximum absolute atomic E-state index is 11.4. The smallest absolute Gasteiger partial charge is 0.311 e. The molecule has 0 aliphatic carbocycles. The molecule has 0 amide bonds. The molecule has 4 heteroatoms. The van der Waals surface area contributed by atoms with E-state index < -0.39 is 18.0 Å². The van der Waals surface area contributed by atoms with E-state index in [4.69, 9.17) is 0 Å². The van der Waals surface area contributed by atoms with Crippen molar-refractivity contribution in [2.45, 2.75) is 18.4 Å². The standard InChI is InChI=1S/C18H21NO3/c20-17(15-9-5-2-6-10-15)13-19-12-11-16(18(21)22)14-7-3-1-4-8-14/h1-10,16-17,19-20H,11-13H2,(H,21,22). The Morgan fingerprint density at radius 2 is 1.50 bits per heavy atom. The molecule has 3 N–H and O–H groups in total. The van der Waals surface area contributed by atoms with Gasteiger partial charge in [0.15, 0.2) is 0 Å². The van der Waals surface area contributed by atoms with Crippen LogP contribution in [0.4, 0.5) is 0 Å². The van der Waals surface area contributed by atoms with E-state index in [0.29, 0.717) is 19.5 Å². The second-order valence-corrected chi connectivity index (χ2v) is 5.22. The van der Waals surface area contributed by atoms with Crippen molar-refractivity contribution in [2.24, 2.45) is 0 Å². The lowest BCUT2D eigenvalue weighted by Crippen LogP contribution is -2.25. The molecule has 0 aliphatic rings. The SMILES string of the molecule is O=C(O)C(CCNCC(O)c1ccccc1)c1ccccc1. The molecule has 2 aromatic rings. The largest absolute Gasteiger partial charge is 0.481 e. The summed E-state index contributed by atoms with van der Waals surface area (Å²) in [6.07, 6.45) is -0.0953. The Hall–Kier alpha value is -2.17. The molecule has 0 saturated heterocycles. The van der Waals surface area contributed by atoms with Crippen molar-refractivity contribution in [3.05, 3.63) is 71.8 Å². The van der Waals surface area contributed by atoms with Crippen LogP contribution in [0.15, 0.2) is 60.7 Å². The molecule has 0 spiro atoms. The number of carbonyl (C=O) groups is 1. The zero-order valence-electron chi connectivity index (χ0n) is 12.4. The third kappa shape index (κ3) is 4.69. The summed E-state index contributed by atoms with van der Waals surface area (Å²) < 4.78 is 0. The lowest BCUT2D eigenvalue weighted by atomic mass is 9.96. The highest BCUT2D eigenvalue weighted by Gasteiger charge is 2.19. The quantitative estimate of drug-likeness (QED) is 0.655. The second-order valence-electron chi connectivity index (χ2n) is 5.22. The normalized spacial score (nSPS) is 13.5. The van der Waals surface area contributed by atoms with Gasteiger partial charge in [0.2, 0.25) is 0 Å². The maximum Gasteiger partial charge on any atom is 0.311 e. The zero-order chi connectivity index (χ0) is 15.8. The van der Waals surface area contributed by atoms with Gasteiger partial charge in [-0.2, -0.15) is 0 Å². The van der Waals surface area contributed by atoms with Gasteiger partial charge in [-0.05, 0) is 24.1 Å². The van der Waals surface area contributed by atoms with Crippen molar-refractivity contribution in [1.82, 2.24) is 5.32 Å². The Morgan fingerprint density at radius 1 is 0.955 bits per heavy atom. The molecule has 2 atom stereocenters. The number of hydrogen-bond donors (Lipinski definition) is 3. The Bertz CT molecular complexity index is 571. The van der Waals surface area contributed by atoms with E-state index in [-0.39, 0.29) is 0 Å². The summed E-state index contributed by atoms with van der Waals surface area (Å²) in [6.45, 7) is 0.945. The molecule has 22 heavy (non-hydrogen) atoms. The van der Waals surface area contributed by atoms with Crippen molar-refractivity contribution in [2.75, 3.05) is 13.1 Å². The number of hydrogen-bond acceptors (Lipinski definition) is 3. The molecule has 0 saturated carbocycles. The summed E-state index contributed by atoms with van der Waals surface area (Å²) in [5.41, 5.74) is 1.66. The van der Waals surface area contributed by atoms with Crippen LogP contribution in [0.1, 0.15) is 29.6 Å². The minimum Gasteiger partial charge on any atom is -0.481 e. The van der Waals surface area contributed by atoms with E-state index in [9.17, 15) is 15.0 Å². The van der Waals surface area contributed by atoms with Crippen LogP contribution >= 0.6 is 0 Å². The third-order valence-electron chi connectivity index (χ3n) is 3.63. The van der Waals surface area contributed by atoms with E-state index in [1.165, 1.54) is 0 Å². The van der Waals surface area contributed by atoms with E-state index in [1.54, 1.807) is 0 Å². The molecule has 2 aromatic carbocycles. The van der Waals surface area contributed by atoms with Crippen LogP contribution in [0.2, 0.25) is 0 Å². The van der Waals surface area contributed by atoms with E-state index >= 15 is 0 Å². The number of rotatable bonds is 8. The van der Waals surface area contributed by atoms with Gasteiger partial charge in [-0.1, -0.05) is 60.7 Å². The van der Waals surface area contributed by atoms with Crippen LogP contribution < -0.4 is 5.32 Å². The minimum absolute atomic E-state index is 0.408. The van der Waals surface area contributed by atoms with Gasteiger partial charge in [-0.25, -0.2) is 0 Å². The monoisotopic (exact) mass is 299 g/mol. The number of carboxylic acid groups (broad SMARTS) is 1. The van der Waals surface area contributed by atoms with Crippen molar-refractivity contribution in [3.63, 3.8) is 0 Å². The molecule has 0 bridgehead atoms. The van der Waals surface area contributed by atoms with Gasteiger partial charge in [-0.3, -0.25) is 4.79 Å². The lowest BCUT2D eigenvalue weighted by molar-refractivity contribution is -0.138. The predicted octanol–water partition coefficient (Wildman–Crippen LogP) is 2.57. The summed E-state index contributed by atoms with van der Waals surface area (Å²) in [6, 6.07) is 18.6. The average Bonchev–Trinajstić information content (AvgIpc) is 2.56. The molecular weight excluding hydrogens is 278 g/mol. The molecule has 0 fully saturated rings. The van der Waals surface area contributed by atoms with Crippen molar-refractivity contribution in [1.29, 1.82) is 0 Å². The van der Waals surface area contributed by atoms with Crippen LogP contribution in [0.5, 0.6) is 0 Å². The fourth-order valence-corrected chi connectivity index (χ4v) is 2.40. The van der Waals surface area contributed by atoms with Gasteiger partial charge in [-0.15, -0.1) is 0 Å². The highest BCUT2D eigenvalue weighted by molar-refractivity contribution is 5.76. The molecular formula is C18H21NO3. The molecule has 0 aliphatic heterocycles. The predicted molar refractivity (Wildman–Crippen MR) is 85.7 cm³/mol. The number of benzene rings is 2. The highest BCUT2D eigenvalue weighted by Crippen LogP contribution is 2.19. The Morgan fingerprint density at radius 3 is 2.05 bits per heavy atom. The van der Waals surface area contributed by atoms with E-state index in [0.717, 1.165) is 11.1 Å². The fourth-order valence-electron chi connectivity index (χ4n) is 2.40. The topological polar surface area (TPSA) is 69.6 Å². The van der Waals surface area contributed by atoms with Gasteiger partial charge >= 0.3 is 5.97 Å². The average molecular weight is 299 g/mol. The third-order valence-corrected chi connectivity index (χ3v) is 3.63. The second kappa shape index (κ2) is 8.32. The van der Waals surface area contributed by atoms with E-state index in [1.807, 2.05) is 60.7 Å². The minimum atomic E-state index is -0.823. The molecule has 0 heterocycles. The number of aliphatic hydroxyl groups is 1. The molecule has 2 rings (SSSR count). The molecule has 4 nitrogen and oxygen atoms in total. The number of aliphatic hydroxyl groups excluding tert-OH is 1. The van der Waals surface area contributed by atoms with Crippen LogP contribution in [-0.4, -0.2) is 29.3 Å². The number of aliphatic carboxylic acids is 1. The summed E-state index contributed by atoms with van der Waals surface area (Å²) in [7, 11) is 0. The molecule has 0 aromatic heterocycles. The Kier molecular flexibility index (Phi) is 6.13. The van der Waals surface area contributed by atoms with Gasteiger partial charge in [0.1, 0.15) is 0 Å². The van der Waals surface area contributed by atoms with Gasteiger partial charge in [0, 0.05) is 6.54 Å². The fraction of sp³-hybridized carbons (Fsp3) is 0.278. The van der Waals surface area contributed by atoms with Gasteiger partial charge < -0.3 is 15.5 Å². The first-order valence-electron chi connectivity index (χ1n) is 7.40. The van der Waals surface area contributed by atoms with Crippen molar-refractivity contribution in [3.8, 4) is 0 Å². The number of nitrogens with one attached hydrogen (secondary N) is 1. The zero-order valence-corrected chi connectivity index (χ0v) is 12.4. The first-order valence-corrected chi connectivity index (χ1v) is 7.40. The molecule has 116 valence electrons. The molecule has 0 radical (unpaired) electrons. The summed E-state index contributed by atoms with van der Waals surface area (Å²) in [5.74, 6) is -1.35. The van der Waals surface area contributed by atoms with Gasteiger partial charge in [0.05, 0.1) is 12.0 Å².